The highest BCUT2D eigenvalue weighted by molar-refractivity contribution is 6.23. The van der Waals surface area contributed by atoms with Gasteiger partial charge in [-0.2, -0.15) is 20.5 Å². The monoisotopic (exact) mass is 399 g/mol. The van der Waals surface area contributed by atoms with Crippen molar-refractivity contribution < 1.29 is 14.0 Å². The van der Waals surface area contributed by atoms with Crippen molar-refractivity contribution in [3.63, 3.8) is 0 Å². The van der Waals surface area contributed by atoms with E-state index in [0.717, 1.165) is 6.07 Å². The van der Waals surface area contributed by atoms with E-state index in [-0.39, 0.29) is 29.4 Å². The third-order valence-corrected chi connectivity index (χ3v) is 3.92. The molecule has 0 fully saturated rings. The Morgan fingerprint density at radius 3 is 2.68 bits per heavy atom. The molecule has 1 heterocycles. The van der Waals surface area contributed by atoms with Crippen molar-refractivity contribution in [3.05, 3.63) is 65.5 Å². The number of hydrogen-bond donors (Lipinski definition) is 1. The van der Waals surface area contributed by atoms with Crippen molar-refractivity contribution in [2.45, 2.75) is 6.92 Å². The van der Waals surface area contributed by atoms with Crippen molar-refractivity contribution in [2.75, 3.05) is 5.01 Å². The molecule has 7 nitrogen and oxygen atoms in total. The predicted molar refractivity (Wildman–Crippen MR) is 105 cm³/mol. The summed E-state index contributed by atoms with van der Waals surface area (Å²) in [4.78, 5) is 24.5. The van der Waals surface area contributed by atoms with Crippen LogP contribution in [-0.2, 0) is 4.79 Å². The molecule has 0 saturated heterocycles. The van der Waals surface area contributed by atoms with Gasteiger partial charge >= 0.3 is 0 Å². The van der Waals surface area contributed by atoms with E-state index in [1.165, 1.54) is 23.4 Å². The maximum atomic E-state index is 13.8. The maximum absolute atomic E-state index is 13.8. The molecule has 1 unspecified atom stereocenters. The summed E-state index contributed by atoms with van der Waals surface area (Å²) < 4.78 is 13.8. The zero-order valence-corrected chi connectivity index (χ0v) is 15.5. The molecule has 2 aromatic carbocycles. The minimum absolute atomic E-state index is 0. The zero-order valence-electron chi connectivity index (χ0n) is 14.7. The molecule has 1 atom stereocenters. The lowest BCUT2D eigenvalue weighted by Gasteiger charge is -2.12. The highest BCUT2D eigenvalue weighted by Crippen LogP contribution is 2.22. The summed E-state index contributed by atoms with van der Waals surface area (Å²) >= 11 is 0. The summed E-state index contributed by atoms with van der Waals surface area (Å²) in [6.07, 6.45) is 1.25. The first-order chi connectivity index (χ1) is 13.0. The first kappa shape index (κ1) is 20.7. The fourth-order valence-corrected chi connectivity index (χ4v) is 2.50. The van der Waals surface area contributed by atoms with E-state index >= 15 is 0 Å². The standard InChI is InChI=1S/C19H14FN5O2.ClH/c1-12-16(19(27)25(24-12)14-5-3-2-4-6-14)11-22-23-18(26)15-8-7-13(10-21)9-17(15)20;/h2-9,11,16H,1H3,(H,23,26);1H/b22-11+;. The lowest BCUT2D eigenvalue weighted by Crippen LogP contribution is -2.29. The molecule has 1 aliphatic rings. The van der Waals surface area contributed by atoms with Crippen LogP contribution in [0.1, 0.15) is 22.8 Å². The van der Waals surface area contributed by atoms with Gasteiger partial charge < -0.3 is 0 Å². The fourth-order valence-electron chi connectivity index (χ4n) is 2.50. The van der Waals surface area contributed by atoms with Crippen LogP contribution in [0, 0.1) is 23.1 Å². The van der Waals surface area contributed by atoms with E-state index in [1.807, 2.05) is 6.07 Å². The molecular weight excluding hydrogens is 385 g/mol. The number of hydrogen-bond acceptors (Lipinski definition) is 5. The number of hydrazone groups is 2. The summed E-state index contributed by atoms with van der Waals surface area (Å²) in [5, 5.41) is 18.0. The van der Waals surface area contributed by atoms with Crippen LogP contribution in [0.25, 0.3) is 0 Å². The molecule has 0 aromatic heterocycles. The highest BCUT2D eigenvalue weighted by atomic mass is 35.5. The summed E-state index contributed by atoms with van der Waals surface area (Å²) in [5.41, 5.74) is 3.19. The average molecular weight is 400 g/mol. The molecule has 1 N–H and O–H groups in total. The van der Waals surface area contributed by atoms with Gasteiger partial charge in [-0.05, 0) is 37.3 Å². The summed E-state index contributed by atoms with van der Waals surface area (Å²) in [5.74, 6) is -2.64. The normalized spacial score (nSPS) is 15.8. The van der Waals surface area contributed by atoms with Gasteiger partial charge in [0.2, 0.25) is 0 Å². The average Bonchev–Trinajstić information content (AvgIpc) is 2.96. The van der Waals surface area contributed by atoms with E-state index < -0.39 is 17.6 Å². The number of nitrogens with zero attached hydrogens (tertiary/aromatic N) is 4. The van der Waals surface area contributed by atoms with E-state index in [1.54, 1.807) is 37.3 Å². The van der Waals surface area contributed by atoms with Crippen LogP contribution in [0.4, 0.5) is 10.1 Å². The van der Waals surface area contributed by atoms with Crippen LogP contribution in [0.3, 0.4) is 0 Å². The van der Waals surface area contributed by atoms with Gasteiger partial charge in [-0.3, -0.25) is 9.59 Å². The molecule has 1 aliphatic heterocycles. The first-order valence-corrected chi connectivity index (χ1v) is 7.98. The third-order valence-electron chi connectivity index (χ3n) is 3.92. The van der Waals surface area contributed by atoms with Crippen molar-refractivity contribution in [1.29, 1.82) is 5.26 Å². The number of carbonyl (C=O) groups is 2. The Labute approximate surface area is 166 Å². The smallest absolute Gasteiger partial charge is 0.271 e. The number of anilines is 1. The predicted octanol–water partition coefficient (Wildman–Crippen LogP) is 2.87. The van der Waals surface area contributed by atoms with Gasteiger partial charge in [-0.1, -0.05) is 18.2 Å². The lowest BCUT2D eigenvalue weighted by molar-refractivity contribution is -0.118. The fraction of sp³-hybridized carbons (Fsp3) is 0.105. The quantitative estimate of drug-likeness (QED) is 0.632. The summed E-state index contributed by atoms with van der Waals surface area (Å²) in [6.45, 7) is 1.68. The van der Waals surface area contributed by atoms with Crippen molar-refractivity contribution in [3.8, 4) is 6.07 Å². The summed E-state index contributed by atoms with van der Waals surface area (Å²) in [7, 11) is 0. The van der Waals surface area contributed by atoms with E-state index in [9.17, 15) is 14.0 Å². The minimum Gasteiger partial charge on any atom is -0.271 e. The number of rotatable bonds is 4. The Morgan fingerprint density at radius 2 is 2.04 bits per heavy atom. The molecule has 142 valence electrons. The number of halogens is 2. The van der Waals surface area contributed by atoms with Gasteiger partial charge in [0.05, 0.1) is 28.6 Å². The topological polar surface area (TPSA) is 97.9 Å². The second-order valence-corrected chi connectivity index (χ2v) is 5.73. The SMILES string of the molecule is CC1=NN(c2ccccc2)C(=O)C1/C=N/NC(=O)c1ccc(C#N)cc1F.Cl. The molecule has 0 aliphatic carbocycles. The number of nitriles is 1. The van der Waals surface area contributed by atoms with Gasteiger partial charge in [0.15, 0.2) is 0 Å². The van der Waals surface area contributed by atoms with Gasteiger partial charge in [-0.25, -0.2) is 9.82 Å². The van der Waals surface area contributed by atoms with Crippen LogP contribution >= 0.6 is 12.4 Å². The van der Waals surface area contributed by atoms with E-state index in [0.29, 0.717) is 11.4 Å². The number of amides is 2. The van der Waals surface area contributed by atoms with Crippen LogP contribution < -0.4 is 10.4 Å². The Hall–Kier alpha value is -3.57. The van der Waals surface area contributed by atoms with Gasteiger partial charge in [0, 0.05) is 6.21 Å². The largest absolute Gasteiger partial charge is 0.274 e. The van der Waals surface area contributed by atoms with E-state index in [2.05, 4.69) is 15.6 Å². The third kappa shape index (κ3) is 4.22. The molecule has 28 heavy (non-hydrogen) atoms. The van der Waals surface area contributed by atoms with Crippen LogP contribution in [0.2, 0.25) is 0 Å². The Balaban J connectivity index is 0.00000280. The summed E-state index contributed by atoms with van der Waals surface area (Å²) in [6, 6.07) is 14.2. The molecule has 0 spiro atoms. The number of nitrogens with one attached hydrogen (secondary N) is 1. The molecule has 0 radical (unpaired) electrons. The number of benzene rings is 2. The van der Waals surface area contributed by atoms with Crippen LogP contribution in [0.5, 0.6) is 0 Å². The molecule has 0 bridgehead atoms. The van der Waals surface area contributed by atoms with Crippen LogP contribution in [0.15, 0.2) is 58.7 Å². The Kier molecular flexibility index (Phi) is 6.58. The molecule has 2 amide bonds. The van der Waals surface area contributed by atoms with Gasteiger partial charge in [0.1, 0.15) is 11.7 Å². The zero-order chi connectivity index (χ0) is 19.4. The number of carbonyl (C=O) groups excluding carboxylic acids is 2. The molecule has 3 rings (SSSR count). The second kappa shape index (κ2) is 8.88. The van der Waals surface area contributed by atoms with Gasteiger partial charge in [-0.15, -0.1) is 12.4 Å². The van der Waals surface area contributed by atoms with E-state index in [4.69, 9.17) is 5.26 Å². The first-order valence-electron chi connectivity index (χ1n) is 7.98. The molecule has 2 aromatic rings. The highest BCUT2D eigenvalue weighted by Gasteiger charge is 2.33. The minimum atomic E-state index is -0.827. The maximum Gasteiger partial charge on any atom is 0.274 e. The lowest BCUT2D eigenvalue weighted by atomic mass is 10.1. The molecule has 0 saturated carbocycles. The Bertz CT molecular complexity index is 1000. The number of para-hydroxylation sites is 1. The van der Waals surface area contributed by atoms with Crippen molar-refractivity contribution in [1.82, 2.24) is 5.43 Å². The molecule has 9 heteroatoms. The van der Waals surface area contributed by atoms with Crippen LogP contribution in [-0.4, -0.2) is 23.7 Å². The van der Waals surface area contributed by atoms with Gasteiger partial charge in [0.25, 0.3) is 11.8 Å². The molecular formula is C19H15ClFN5O2. The Morgan fingerprint density at radius 1 is 1.32 bits per heavy atom. The second-order valence-electron chi connectivity index (χ2n) is 5.73. The van der Waals surface area contributed by atoms with Crippen molar-refractivity contribution >= 4 is 41.8 Å². The van der Waals surface area contributed by atoms with Crippen molar-refractivity contribution in [2.24, 2.45) is 16.1 Å².